The van der Waals surface area contributed by atoms with Crippen molar-refractivity contribution in [3.05, 3.63) is 59.2 Å². The van der Waals surface area contributed by atoms with Gasteiger partial charge in [0.25, 0.3) is 0 Å². The molecule has 0 spiro atoms. The van der Waals surface area contributed by atoms with E-state index in [1.165, 1.54) is 6.07 Å². The molecule has 0 unspecified atom stereocenters. The Morgan fingerprint density at radius 1 is 1.00 bits per heavy atom. The first kappa shape index (κ1) is 15.2. The molecule has 2 rings (SSSR count). The summed E-state index contributed by atoms with van der Waals surface area (Å²) in [6.45, 7) is 1.02. The summed E-state index contributed by atoms with van der Waals surface area (Å²) in [6.07, 6.45) is -4.74. The van der Waals surface area contributed by atoms with Crippen LogP contribution in [0.25, 0.3) is 11.1 Å². The molecule has 0 heterocycles. The zero-order valence-electron chi connectivity index (χ0n) is 10.8. The van der Waals surface area contributed by atoms with Crippen LogP contribution in [0.1, 0.15) is 22.8 Å². The third-order valence-electron chi connectivity index (χ3n) is 2.95. The summed E-state index contributed by atoms with van der Waals surface area (Å²) in [6, 6.07) is 5.46. The molecule has 2 aromatic carbocycles. The Balaban J connectivity index is 2.64. The Kier molecular flexibility index (Phi) is 3.80. The second kappa shape index (κ2) is 5.27. The van der Waals surface area contributed by atoms with Crippen LogP contribution in [-0.2, 0) is 6.18 Å². The van der Waals surface area contributed by atoms with Crippen molar-refractivity contribution >= 4 is 5.78 Å². The second-order valence-corrected chi connectivity index (χ2v) is 4.44. The number of halogens is 5. The van der Waals surface area contributed by atoms with Crippen molar-refractivity contribution in [2.24, 2.45) is 0 Å². The molecule has 2 aromatic rings. The molecule has 0 amide bonds. The number of ketones is 1. The van der Waals surface area contributed by atoms with Crippen LogP contribution in [0.4, 0.5) is 22.0 Å². The average Bonchev–Trinajstić information content (AvgIpc) is 2.37. The number of carbonyl (C=O) groups is 1. The summed E-state index contributed by atoms with van der Waals surface area (Å²) in [5.41, 5.74) is -1.88. The summed E-state index contributed by atoms with van der Waals surface area (Å²) in [4.78, 5) is 11.2. The number of rotatable bonds is 2. The lowest BCUT2D eigenvalue weighted by molar-refractivity contribution is -0.137. The second-order valence-electron chi connectivity index (χ2n) is 4.44. The minimum absolute atomic E-state index is 0.0789. The first-order valence-corrected chi connectivity index (χ1v) is 5.88. The van der Waals surface area contributed by atoms with Crippen molar-refractivity contribution in [1.82, 2.24) is 0 Å². The monoisotopic (exact) mass is 300 g/mol. The molecule has 0 fully saturated rings. The van der Waals surface area contributed by atoms with Crippen molar-refractivity contribution in [2.75, 3.05) is 0 Å². The van der Waals surface area contributed by atoms with Gasteiger partial charge in [-0.15, -0.1) is 0 Å². The molecule has 0 radical (unpaired) electrons. The van der Waals surface area contributed by atoms with Crippen molar-refractivity contribution in [3.8, 4) is 11.1 Å². The van der Waals surface area contributed by atoms with Crippen LogP contribution in [0.2, 0.25) is 0 Å². The van der Waals surface area contributed by atoms with Crippen molar-refractivity contribution in [1.29, 1.82) is 0 Å². The number of alkyl halides is 3. The minimum Gasteiger partial charge on any atom is -0.294 e. The summed E-state index contributed by atoms with van der Waals surface area (Å²) in [5, 5.41) is 0. The van der Waals surface area contributed by atoms with Gasteiger partial charge in [0.05, 0.1) is 5.56 Å². The van der Waals surface area contributed by atoms with Crippen molar-refractivity contribution in [3.63, 3.8) is 0 Å². The predicted octanol–water partition coefficient (Wildman–Crippen LogP) is 4.85. The predicted molar refractivity (Wildman–Crippen MR) is 66.8 cm³/mol. The van der Waals surface area contributed by atoms with E-state index in [0.717, 1.165) is 25.1 Å². The van der Waals surface area contributed by atoms with E-state index in [9.17, 15) is 26.7 Å². The van der Waals surface area contributed by atoms with Crippen LogP contribution < -0.4 is 0 Å². The van der Waals surface area contributed by atoms with E-state index in [0.29, 0.717) is 12.1 Å². The fourth-order valence-electron chi connectivity index (χ4n) is 1.98. The van der Waals surface area contributed by atoms with Gasteiger partial charge in [0.1, 0.15) is 11.6 Å². The average molecular weight is 300 g/mol. The van der Waals surface area contributed by atoms with Gasteiger partial charge in [0, 0.05) is 17.2 Å². The molecular formula is C15H9F5O. The fourth-order valence-corrected chi connectivity index (χ4v) is 1.98. The smallest absolute Gasteiger partial charge is 0.294 e. The third kappa shape index (κ3) is 3.09. The third-order valence-corrected chi connectivity index (χ3v) is 2.95. The minimum atomic E-state index is -4.74. The lowest BCUT2D eigenvalue weighted by Crippen LogP contribution is -2.12. The first-order chi connectivity index (χ1) is 9.70. The van der Waals surface area contributed by atoms with Crippen molar-refractivity contribution < 1.29 is 26.7 Å². The molecule has 0 N–H and O–H groups in total. The molecule has 0 saturated carbocycles. The highest BCUT2D eigenvalue weighted by molar-refractivity contribution is 5.96. The van der Waals surface area contributed by atoms with Crippen LogP contribution >= 0.6 is 0 Å². The van der Waals surface area contributed by atoms with Crippen LogP contribution in [0, 0.1) is 11.6 Å². The maximum atomic E-state index is 13.6. The molecule has 6 heteroatoms. The maximum absolute atomic E-state index is 13.6. The molecule has 0 aliphatic rings. The van der Waals surface area contributed by atoms with Gasteiger partial charge in [-0.2, -0.15) is 13.2 Å². The van der Waals surface area contributed by atoms with Crippen LogP contribution in [0.3, 0.4) is 0 Å². The van der Waals surface area contributed by atoms with Gasteiger partial charge in [-0.1, -0.05) is 12.1 Å². The Morgan fingerprint density at radius 3 is 2.19 bits per heavy atom. The molecule has 0 saturated heterocycles. The largest absolute Gasteiger partial charge is 0.417 e. The first-order valence-electron chi connectivity index (χ1n) is 5.88. The maximum Gasteiger partial charge on any atom is 0.417 e. The highest BCUT2D eigenvalue weighted by atomic mass is 19.4. The zero-order valence-corrected chi connectivity index (χ0v) is 10.8. The van der Waals surface area contributed by atoms with Gasteiger partial charge in [-0.3, -0.25) is 4.79 Å². The van der Waals surface area contributed by atoms with Gasteiger partial charge >= 0.3 is 6.18 Å². The van der Waals surface area contributed by atoms with Crippen LogP contribution in [0.5, 0.6) is 0 Å². The van der Waals surface area contributed by atoms with E-state index in [1.54, 1.807) is 0 Å². The molecule has 1 nitrogen and oxygen atoms in total. The van der Waals surface area contributed by atoms with E-state index in [1.807, 2.05) is 0 Å². The molecule has 0 aliphatic carbocycles. The van der Waals surface area contributed by atoms with E-state index < -0.39 is 34.7 Å². The van der Waals surface area contributed by atoms with Gasteiger partial charge in [-0.05, 0) is 30.7 Å². The van der Waals surface area contributed by atoms with Gasteiger partial charge in [0.15, 0.2) is 5.78 Å². The molecule has 0 bridgehead atoms. The van der Waals surface area contributed by atoms with Gasteiger partial charge in [-0.25, -0.2) is 8.78 Å². The topological polar surface area (TPSA) is 17.1 Å². The molecule has 21 heavy (non-hydrogen) atoms. The zero-order chi connectivity index (χ0) is 15.8. The fraction of sp³-hybridized carbons (Fsp3) is 0.133. The Morgan fingerprint density at radius 2 is 1.67 bits per heavy atom. The number of carbonyl (C=O) groups excluding carboxylic acids is 1. The van der Waals surface area contributed by atoms with Crippen LogP contribution in [-0.4, -0.2) is 5.78 Å². The lowest BCUT2D eigenvalue weighted by Gasteiger charge is -2.13. The molecular weight excluding hydrogens is 291 g/mol. The summed E-state index contributed by atoms with van der Waals surface area (Å²) >= 11 is 0. The number of Topliss-reactive ketones (excluding diaryl/α,β-unsaturated/α-hetero) is 1. The Labute approximate surface area is 117 Å². The van der Waals surface area contributed by atoms with E-state index >= 15 is 0 Å². The molecule has 0 atom stereocenters. The number of benzene rings is 2. The highest BCUT2D eigenvalue weighted by Crippen LogP contribution is 2.35. The number of hydrogen-bond acceptors (Lipinski definition) is 1. The molecule has 0 aromatic heterocycles. The van der Waals surface area contributed by atoms with E-state index in [2.05, 4.69) is 0 Å². The summed E-state index contributed by atoms with van der Waals surface area (Å²) in [5.74, 6) is -2.54. The standard InChI is InChI=1S/C15H9F5O/c1-8(21)11-4-2-9(6-13(11)15(18,19)20)12-5-3-10(16)7-14(12)17/h2-7H,1H3. The molecule has 0 aliphatic heterocycles. The van der Waals surface area contributed by atoms with Gasteiger partial charge < -0.3 is 0 Å². The summed E-state index contributed by atoms with van der Waals surface area (Å²) < 4.78 is 65.4. The highest BCUT2D eigenvalue weighted by Gasteiger charge is 2.34. The Bertz CT molecular complexity index is 704. The van der Waals surface area contributed by atoms with Crippen molar-refractivity contribution in [2.45, 2.75) is 13.1 Å². The molecule has 110 valence electrons. The lowest BCUT2D eigenvalue weighted by atomic mass is 9.96. The van der Waals surface area contributed by atoms with E-state index in [-0.39, 0.29) is 11.1 Å². The van der Waals surface area contributed by atoms with Crippen LogP contribution in [0.15, 0.2) is 36.4 Å². The van der Waals surface area contributed by atoms with Gasteiger partial charge in [0.2, 0.25) is 0 Å². The van der Waals surface area contributed by atoms with E-state index in [4.69, 9.17) is 0 Å². The quantitative estimate of drug-likeness (QED) is 0.572. The normalized spacial score (nSPS) is 11.5. The Hall–Kier alpha value is -2.24. The summed E-state index contributed by atoms with van der Waals surface area (Å²) in [7, 11) is 0. The SMILES string of the molecule is CC(=O)c1ccc(-c2ccc(F)cc2F)cc1C(F)(F)F. The number of hydrogen-bond donors (Lipinski definition) is 0.